The predicted octanol–water partition coefficient (Wildman–Crippen LogP) is -4.24. The third-order valence-electron chi connectivity index (χ3n) is 20.4. The number of thioether (sulfide) groups is 2. The number of carboxylic acid groups (broad SMARTS) is 3. The number of phenols is 1. The van der Waals surface area contributed by atoms with Crippen LogP contribution in [0.1, 0.15) is 156 Å². The van der Waals surface area contributed by atoms with Crippen LogP contribution in [0.5, 0.6) is 5.75 Å². The van der Waals surface area contributed by atoms with E-state index >= 15 is 0 Å². The van der Waals surface area contributed by atoms with Gasteiger partial charge in [-0.25, -0.2) is 4.79 Å². The van der Waals surface area contributed by atoms with Crippen molar-refractivity contribution in [2.45, 2.75) is 248 Å². The van der Waals surface area contributed by atoms with Crippen molar-refractivity contribution in [3.63, 3.8) is 0 Å². The number of aliphatic carboxylic acids is 3. The summed E-state index contributed by atoms with van der Waals surface area (Å²) < 4.78 is 0. The van der Waals surface area contributed by atoms with Crippen LogP contribution in [0.25, 0.3) is 0 Å². The number of rotatable bonds is 59. The molecule has 0 bridgehead atoms. The molecule has 45 heteroatoms. The molecule has 0 spiro atoms. The number of carbonyl (C=O) groups excluding carboxylic acids is 15. The number of amides is 15. The molecule has 1 fully saturated rings. The van der Waals surface area contributed by atoms with E-state index in [0.717, 1.165) is 0 Å². The SMILES string of the molecule is CC[C@H](C)[C@H](NC(=O)[C@H](CC(=O)O)NC(=O)[C@H](CO)NC(=O)[C@@H](N)CC(C)C)C(=O)N[C@@H](Cc1ccccc1)C(=O)N[C@@H](CC(=O)O)C(=O)N[C@@H](C)C(=O)N[C@@H](CCSC)C(=O)N[C@@H](CCCCN)C(=O)N[C@@H](CCSC)C(=O)N[C@H](C(=O)N[C@@H](Cc1ccc(O)cc1)C(=O)N[C@@H](CCCNC(=N)N)C(=O)N1CCC[C@H]1C(=O)N[C@@H](CCC(N)=O)C(=O)O)C(C)C. The van der Waals surface area contributed by atoms with E-state index < -0.39 is 234 Å². The van der Waals surface area contributed by atoms with Crippen molar-refractivity contribution in [3.05, 3.63) is 65.7 Å². The molecular weight excluding hydrogens is 1690 g/mol. The van der Waals surface area contributed by atoms with E-state index in [2.05, 4.69) is 74.4 Å². The number of benzene rings is 2. The second-order valence-corrected chi connectivity index (χ2v) is 33.5. The third kappa shape index (κ3) is 39.0. The molecule has 1 aliphatic rings. The largest absolute Gasteiger partial charge is 0.508 e. The van der Waals surface area contributed by atoms with Crippen molar-refractivity contribution in [2.75, 3.05) is 50.3 Å². The smallest absolute Gasteiger partial charge is 0.326 e. The van der Waals surface area contributed by atoms with E-state index in [4.69, 9.17) is 28.3 Å². The maximum Gasteiger partial charge on any atom is 0.326 e. The summed E-state index contributed by atoms with van der Waals surface area (Å²) in [5.74, 6) is -20.9. The number of hydrogen-bond acceptors (Lipinski definition) is 25. The minimum absolute atomic E-state index is 0.00282. The molecule has 2 aromatic rings. The van der Waals surface area contributed by atoms with Gasteiger partial charge in [-0.15, -0.1) is 0 Å². The summed E-state index contributed by atoms with van der Waals surface area (Å²) in [7, 11) is 0. The highest BCUT2D eigenvalue weighted by Crippen LogP contribution is 2.23. The Morgan fingerprint density at radius 3 is 1.43 bits per heavy atom. The van der Waals surface area contributed by atoms with Gasteiger partial charge in [-0.2, -0.15) is 23.5 Å². The van der Waals surface area contributed by atoms with Gasteiger partial charge in [0.2, 0.25) is 88.6 Å². The molecule has 3 rings (SSSR count). The molecule has 28 N–H and O–H groups in total. The molecule has 0 unspecified atom stereocenters. The number of aliphatic hydroxyl groups is 1. The van der Waals surface area contributed by atoms with Crippen molar-refractivity contribution >= 4 is 136 Å². The van der Waals surface area contributed by atoms with E-state index in [1.807, 2.05) is 0 Å². The fraction of sp³-hybridized carbons (Fsp3) is 0.617. The molecule has 126 heavy (non-hydrogen) atoms. The summed E-state index contributed by atoms with van der Waals surface area (Å²) in [5, 5.41) is 92.8. The summed E-state index contributed by atoms with van der Waals surface area (Å²) in [6.07, 6.45) is 1.05. The van der Waals surface area contributed by atoms with E-state index in [1.165, 1.54) is 66.5 Å². The highest BCUT2D eigenvalue weighted by molar-refractivity contribution is 7.98. The molecule has 1 heterocycles. The van der Waals surface area contributed by atoms with Gasteiger partial charge in [0.25, 0.3) is 0 Å². The number of phenolic OH excluding ortho intramolecular Hbond substituents is 1. The second kappa shape index (κ2) is 56.5. The van der Waals surface area contributed by atoms with Crippen LogP contribution in [-0.4, -0.2) is 284 Å². The Morgan fingerprint density at radius 1 is 0.500 bits per heavy atom. The zero-order valence-corrected chi connectivity index (χ0v) is 74.1. The number of nitrogens with one attached hydrogen (secondary N) is 15. The lowest BCUT2D eigenvalue weighted by Gasteiger charge is -2.31. The van der Waals surface area contributed by atoms with Crippen LogP contribution in [0.4, 0.5) is 0 Å². The van der Waals surface area contributed by atoms with E-state index in [9.17, 15) is 112 Å². The highest BCUT2D eigenvalue weighted by atomic mass is 32.2. The van der Waals surface area contributed by atoms with Crippen molar-refractivity contribution in [3.8, 4) is 5.75 Å². The van der Waals surface area contributed by atoms with Crippen LogP contribution >= 0.6 is 23.5 Å². The van der Waals surface area contributed by atoms with Crippen molar-refractivity contribution in [2.24, 2.45) is 40.7 Å². The summed E-state index contributed by atoms with van der Waals surface area (Å²) in [6, 6.07) is -9.42. The Bertz CT molecular complexity index is 4020. The number of aliphatic hydroxyl groups excluding tert-OH is 1. The summed E-state index contributed by atoms with van der Waals surface area (Å²) in [4.78, 5) is 249. The standard InChI is InChI=1S/C81H128N20O23S2/c1-10-44(6)65(100-74(117)58(40-63(107)108)95-75(118)59(41-102)98-67(110)49(83)36-42(2)3)78(121)97-55(37-46-18-12-11-13-19-46)73(116)94-57(39-62(105)106)71(114)88-45(7)66(109)89-51(29-34-125-8)69(112)90-50(20-14-15-31-82)68(111)91-52(30-35-126-9)70(113)99-64(43(4)5)77(120)96-56(38-47-23-25-48(103)26-24-47)72(115)92-53(21-16-32-87-81(85)86)79(122)101-33-17-22-60(101)76(119)93-54(80(123)124)27-28-61(84)104/h11-13,18-19,23-26,42-45,49-60,64-65,102-103H,10,14-17,20-22,27-41,82-83H2,1-9H3,(H2,84,104)(H,88,114)(H,89,109)(H,90,112)(H,91,111)(H,92,115)(H,93,119)(H,94,116)(H,95,118)(H,96,120)(H,97,121)(H,98,110)(H,99,113)(H,100,117)(H,105,106)(H,107,108)(H,123,124)(H4,85,86,87)/t44-,45-,49-,50-,51-,52-,53-,54-,55-,56-,57-,58-,59-,60-,64-,65-/m0/s1. The molecule has 702 valence electrons. The average molecular weight is 1810 g/mol. The monoisotopic (exact) mass is 1810 g/mol. The fourth-order valence-electron chi connectivity index (χ4n) is 13.2. The first-order valence-corrected chi connectivity index (χ1v) is 44.4. The summed E-state index contributed by atoms with van der Waals surface area (Å²) in [5.41, 5.74) is 23.4. The van der Waals surface area contributed by atoms with Gasteiger partial charge in [0.05, 0.1) is 25.5 Å². The Labute approximate surface area is 739 Å². The predicted molar refractivity (Wildman–Crippen MR) is 465 cm³/mol. The van der Waals surface area contributed by atoms with Crippen LogP contribution in [0.2, 0.25) is 0 Å². The number of aromatic hydroxyl groups is 1. The van der Waals surface area contributed by atoms with Gasteiger partial charge in [0.1, 0.15) is 90.3 Å². The summed E-state index contributed by atoms with van der Waals surface area (Å²) >= 11 is 2.57. The van der Waals surface area contributed by atoms with Crippen LogP contribution in [-0.2, 0) is 99.1 Å². The third-order valence-corrected chi connectivity index (χ3v) is 21.7. The molecule has 0 saturated carbocycles. The fourth-order valence-corrected chi connectivity index (χ4v) is 14.1. The van der Waals surface area contributed by atoms with Gasteiger partial charge < -0.3 is 128 Å². The minimum atomic E-state index is -1.98. The van der Waals surface area contributed by atoms with Crippen LogP contribution < -0.4 is 97.4 Å². The molecular formula is C81H128N20O23S2. The quantitative estimate of drug-likeness (QED) is 0.0169. The molecule has 0 aliphatic carbocycles. The van der Waals surface area contributed by atoms with Gasteiger partial charge in [0, 0.05) is 32.4 Å². The highest BCUT2D eigenvalue weighted by Gasteiger charge is 2.43. The Morgan fingerprint density at radius 2 is 0.944 bits per heavy atom. The number of nitrogens with two attached hydrogens (primary N) is 4. The van der Waals surface area contributed by atoms with Gasteiger partial charge in [0.15, 0.2) is 5.96 Å². The second-order valence-electron chi connectivity index (χ2n) is 31.5. The Hall–Kier alpha value is -11.4. The van der Waals surface area contributed by atoms with Crippen LogP contribution in [0.3, 0.4) is 0 Å². The first kappa shape index (κ1) is 109. The number of unbranched alkanes of at least 4 members (excludes halogenated alkanes) is 1. The minimum Gasteiger partial charge on any atom is -0.508 e. The van der Waals surface area contributed by atoms with Crippen molar-refractivity contribution in [1.82, 2.24) is 79.3 Å². The van der Waals surface area contributed by atoms with Gasteiger partial charge in [-0.05, 0) is 149 Å². The zero-order valence-electron chi connectivity index (χ0n) is 72.5. The molecule has 1 saturated heterocycles. The number of hydrogen-bond donors (Lipinski definition) is 24. The lowest BCUT2D eigenvalue weighted by Crippen LogP contribution is -2.62. The van der Waals surface area contributed by atoms with Crippen molar-refractivity contribution in [1.29, 1.82) is 5.41 Å². The number of likely N-dealkylation sites (tertiary alicyclic amines) is 1. The Kier molecular flexibility index (Phi) is 48.8. The molecule has 0 radical (unpaired) electrons. The van der Waals surface area contributed by atoms with Crippen LogP contribution in [0, 0.1) is 23.2 Å². The molecule has 2 aromatic carbocycles. The zero-order chi connectivity index (χ0) is 94.6. The van der Waals surface area contributed by atoms with E-state index in [-0.39, 0.29) is 133 Å². The van der Waals surface area contributed by atoms with Crippen molar-refractivity contribution < 1.29 is 112 Å². The molecule has 15 amide bonds. The molecule has 1 aliphatic heterocycles. The normalized spacial score (nSPS) is 16.0. The number of carbonyl (C=O) groups is 18. The maximum atomic E-state index is 14.8. The topological polar surface area (TPSA) is 708 Å². The number of carboxylic acids is 3. The van der Waals surface area contributed by atoms with E-state index in [1.54, 1.807) is 77.5 Å². The lowest BCUT2D eigenvalue weighted by molar-refractivity contribution is -0.145. The molecule has 43 nitrogen and oxygen atoms in total. The Balaban J connectivity index is 1.94. The number of guanidine groups is 1. The molecule has 0 aromatic heterocycles. The first-order valence-electron chi connectivity index (χ1n) is 41.6. The summed E-state index contributed by atoms with van der Waals surface area (Å²) in [6.45, 7) is 10.3. The number of nitrogens with zero attached hydrogens (tertiary/aromatic N) is 1. The molecule has 16 atom stereocenters. The van der Waals surface area contributed by atoms with Crippen LogP contribution in [0.15, 0.2) is 54.6 Å². The number of primary amides is 1. The van der Waals surface area contributed by atoms with E-state index in [0.29, 0.717) is 17.5 Å². The van der Waals surface area contributed by atoms with Gasteiger partial charge in [-0.3, -0.25) is 86.9 Å². The lowest BCUT2D eigenvalue weighted by atomic mass is 9.96. The first-order chi connectivity index (χ1) is 59.5. The average Bonchev–Trinajstić information content (AvgIpc) is 1.58. The van der Waals surface area contributed by atoms with Gasteiger partial charge >= 0.3 is 17.9 Å². The van der Waals surface area contributed by atoms with Gasteiger partial charge in [-0.1, -0.05) is 90.4 Å². The maximum absolute atomic E-state index is 14.8.